The van der Waals surface area contributed by atoms with Gasteiger partial charge in [0.2, 0.25) is 0 Å². The number of hydrogen-bond acceptors (Lipinski definition) is 4. The average molecular weight is 296 g/mol. The maximum atomic E-state index is 12.1. The molecule has 2 rings (SSSR count). The number of nitriles is 1. The van der Waals surface area contributed by atoms with Gasteiger partial charge in [-0.1, -0.05) is 24.3 Å². The summed E-state index contributed by atoms with van der Waals surface area (Å²) in [5.74, 6) is -2.23. The topological polar surface area (TPSA) is 53.3 Å². The first-order valence-electron chi connectivity index (χ1n) is 6.14. The Labute approximate surface area is 119 Å². The van der Waals surface area contributed by atoms with E-state index in [2.05, 4.69) is 10.9 Å². The summed E-state index contributed by atoms with van der Waals surface area (Å²) in [6.07, 6.45) is -2.95. The molecular weight excluding hydrogens is 285 g/mol. The van der Waals surface area contributed by atoms with Gasteiger partial charge in [0.05, 0.1) is 18.2 Å². The summed E-state index contributed by atoms with van der Waals surface area (Å²) in [6, 6.07) is 9.04. The normalized spacial score (nSPS) is 16.0. The molecule has 1 aliphatic rings. The predicted molar refractivity (Wildman–Crippen MR) is 67.5 cm³/mol. The number of carbonyl (C=O) groups is 1. The minimum absolute atomic E-state index is 0.0525. The van der Waals surface area contributed by atoms with Crippen LogP contribution in [-0.2, 0) is 9.63 Å². The van der Waals surface area contributed by atoms with Gasteiger partial charge in [-0.25, -0.2) is 4.79 Å². The molecule has 0 amide bonds. The van der Waals surface area contributed by atoms with Crippen LogP contribution in [0, 0.1) is 11.3 Å². The molecule has 7 heteroatoms. The van der Waals surface area contributed by atoms with Crippen LogP contribution in [-0.4, -0.2) is 30.3 Å². The van der Waals surface area contributed by atoms with E-state index < -0.39 is 12.1 Å². The van der Waals surface area contributed by atoms with Crippen LogP contribution < -0.4 is 0 Å². The molecule has 0 spiro atoms. The van der Waals surface area contributed by atoms with Crippen molar-refractivity contribution in [3.05, 3.63) is 41.5 Å². The number of carbonyl (C=O) groups excluding carboxylic acids is 1. The Morgan fingerprint density at radius 1 is 1.33 bits per heavy atom. The van der Waals surface area contributed by atoms with Gasteiger partial charge in [-0.15, -0.1) is 5.06 Å². The van der Waals surface area contributed by atoms with Crippen LogP contribution in [0.5, 0.6) is 0 Å². The molecule has 0 N–H and O–H groups in total. The first kappa shape index (κ1) is 15.1. The second-order valence-electron chi connectivity index (χ2n) is 4.40. The van der Waals surface area contributed by atoms with Gasteiger partial charge in [0.25, 0.3) is 0 Å². The molecule has 1 heterocycles. The molecule has 0 saturated carbocycles. The third-order valence-corrected chi connectivity index (χ3v) is 3.01. The molecule has 4 nitrogen and oxygen atoms in total. The number of rotatable bonds is 2. The van der Waals surface area contributed by atoms with E-state index >= 15 is 0 Å². The molecule has 0 aromatic heterocycles. The molecule has 0 saturated heterocycles. The van der Waals surface area contributed by atoms with Gasteiger partial charge >= 0.3 is 12.1 Å². The van der Waals surface area contributed by atoms with E-state index in [0.717, 1.165) is 16.2 Å². The highest BCUT2D eigenvalue weighted by Crippen LogP contribution is 2.26. The third kappa shape index (κ3) is 3.61. The molecule has 21 heavy (non-hydrogen) atoms. The average Bonchev–Trinajstić information content (AvgIpc) is 2.47. The van der Waals surface area contributed by atoms with Crippen LogP contribution in [0.15, 0.2) is 30.3 Å². The number of alkyl halides is 3. The summed E-state index contributed by atoms with van der Waals surface area (Å²) in [6.45, 7) is 0.199. The lowest BCUT2D eigenvalue weighted by molar-refractivity contribution is -0.237. The Kier molecular flexibility index (Phi) is 4.29. The zero-order valence-electron chi connectivity index (χ0n) is 10.9. The lowest BCUT2D eigenvalue weighted by atomic mass is 9.96. The first-order valence-corrected chi connectivity index (χ1v) is 6.14. The molecule has 0 atom stereocenters. The molecule has 1 aliphatic heterocycles. The quantitative estimate of drug-likeness (QED) is 0.842. The van der Waals surface area contributed by atoms with Gasteiger partial charge in [-0.2, -0.15) is 18.4 Å². The number of hydrogen-bond donors (Lipinski definition) is 0. The fourth-order valence-corrected chi connectivity index (χ4v) is 2.01. The van der Waals surface area contributed by atoms with Crippen molar-refractivity contribution in [2.45, 2.75) is 12.6 Å². The molecular formula is C14H11F3N2O2. The van der Waals surface area contributed by atoms with Crippen molar-refractivity contribution in [1.82, 2.24) is 5.06 Å². The van der Waals surface area contributed by atoms with Crippen molar-refractivity contribution in [3.8, 4) is 6.07 Å². The summed E-state index contributed by atoms with van der Waals surface area (Å²) in [5, 5.41) is 9.98. The standard InChI is InChI=1S/C14H11F3N2O2/c15-14(16,17)13(20)21-19-7-5-10(6-8-19)12-4-2-1-3-11(12)9-18/h1-5H,6-8H2. The van der Waals surface area contributed by atoms with Crippen LogP contribution >= 0.6 is 0 Å². The molecule has 0 aliphatic carbocycles. The summed E-state index contributed by atoms with van der Waals surface area (Å²) in [5.41, 5.74) is 2.11. The number of nitrogens with zero attached hydrogens (tertiary/aromatic N) is 2. The Hall–Kier alpha value is -2.33. The lowest BCUT2D eigenvalue weighted by Crippen LogP contribution is -2.37. The molecule has 110 valence electrons. The van der Waals surface area contributed by atoms with Crippen LogP contribution in [0.3, 0.4) is 0 Å². The number of hydroxylamine groups is 2. The highest BCUT2D eigenvalue weighted by atomic mass is 19.4. The molecule has 0 bridgehead atoms. The Morgan fingerprint density at radius 2 is 2.05 bits per heavy atom. The maximum Gasteiger partial charge on any atom is 0.492 e. The maximum absolute atomic E-state index is 12.1. The van der Waals surface area contributed by atoms with E-state index in [1.807, 2.05) is 0 Å². The second-order valence-corrected chi connectivity index (χ2v) is 4.40. The van der Waals surface area contributed by atoms with Crippen molar-refractivity contribution in [1.29, 1.82) is 5.26 Å². The summed E-state index contributed by atoms with van der Waals surface area (Å²) in [4.78, 5) is 15.0. The predicted octanol–water partition coefficient (Wildman–Crippen LogP) is 2.67. The van der Waals surface area contributed by atoms with Gasteiger partial charge in [-0.3, -0.25) is 0 Å². The molecule has 0 fully saturated rings. The minimum Gasteiger partial charge on any atom is -0.360 e. The largest absolute Gasteiger partial charge is 0.492 e. The molecule has 1 aromatic rings. The molecule has 0 unspecified atom stereocenters. The zero-order chi connectivity index (χ0) is 15.5. The van der Waals surface area contributed by atoms with Crippen LogP contribution in [0.25, 0.3) is 5.57 Å². The second kappa shape index (κ2) is 5.97. The third-order valence-electron chi connectivity index (χ3n) is 3.01. The van der Waals surface area contributed by atoms with Gasteiger partial charge in [0.1, 0.15) is 0 Å². The van der Waals surface area contributed by atoms with Crippen molar-refractivity contribution in [2.75, 3.05) is 13.1 Å². The van der Waals surface area contributed by atoms with Crippen LogP contribution in [0.4, 0.5) is 13.2 Å². The van der Waals surface area contributed by atoms with E-state index in [1.54, 1.807) is 30.3 Å². The Bertz CT molecular complexity index is 617. The van der Waals surface area contributed by atoms with E-state index in [-0.39, 0.29) is 13.1 Å². The Morgan fingerprint density at radius 3 is 2.62 bits per heavy atom. The Balaban J connectivity index is 2.06. The molecule has 0 radical (unpaired) electrons. The summed E-state index contributed by atoms with van der Waals surface area (Å²) < 4.78 is 36.3. The minimum atomic E-state index is -5.00. The van der Waals surface area contributed by atoms with Crippen LogP contribution in [0.2, 0.25) is 0 Å². The highest BCUT2D eigenvalue weighted by molar-refractivity contribution is 5.75. The van der Waals surface area contributed by atoms with Crippen molar-refractivity contribution in [2.24, 2.45) is 0 Å². The number of benzene rings is 1. The summed E-state index contributed by atoms with van der Waals surface area (Å²) >= 11 is 0. The first-order chi connectivity index (χ1) is 9.91. The summed E-state index contributed by atoms with van der Waals surface area (Å²) in [7, 11) is 0. The van der Waals surface area contributed by atoms with Gasteiger partial charge in [0, 0.05) is 6.54 Å². The van der Waals surface area contributed by atoms with E-state index in [0.29, 0.717) is 12.0 Å². The monoisotopic (exact) mass is 296 g/mol. The van der Waals surface area contributed by atoms with Crippen molar-refractivity contribution >= 4 is 11.5 Å². The molecule has 1 aromatic carbocycles. The van der Waals surface area contributed by atoms with E-state index in [9.17, 15) is 18.0 Å². The smallest absolute Gasteiger partial charge is 0.360 e. The van der Waals surface area contributed by atoms with E-state index in [4.69, 9.17) is 5.26 Å². The van der Waals surface area contributed by atoms with Gasteiger partial charge in [0.15, 0.2) is 0 Å². The van der Waals surface area contributed by atoms with Crippen molar-refractivity contribution in [3.63, 3.8) is 0 Å². The fraction of sp³-hybridized carbons (Fsp3) is 0.286. The fourth-order valence-electron chi connectivity index (χ4n) is 2.01. The van der Waals surface area contributed by atoms with Gasteiger partial charge < -0.3 is 4.84 Å². The van der Waals surface area contributed by atoms with Crippen LogP contribution in [0.1, 0.15) is 17.5 Å². The zero-order valence-corrected chi connectivity index (χ0v) is 10.9. The number of halogens is 3. The van der Waals surface area contributed by atoms with E-state index in [1.165, 1.54) is 0 Å². The van der Waals surface area contributed by atoms with Gasteiger partial charge in [-0.05, 0) is 23.6 Å². The highest BCUT2D eigenvalue weighted by Gasteiger charge is 2.42. The van der Waals surface area contributed by atoms with Crippen molar-refractivity contribution < 1.29 is 22.8 Å². The lowest BCUT2D eigenvalue weighted by Gasteiger charge is -2.25. The SMILES string of the molecule is N#Cc1ccccc1C1=CCN(OC(=O)C(F)(F)F)CC1.